The van der Waals surface area contributed by atoms with Gasteiger partial charge in [-0.25, -0.2) is 0 Å². The van der Waals surface area contributed by atoms with Crippen molar-refractivity contribution in [1.82, 2.24) is 0 Å². The fourth-order valence-electron chi connectivity index (χ4n) is 3.47. The zero-order valence-electron chi connectivity index (χ0n) is 9.30. The average Bonchev–Trinajstić information content (AvgIpc) is 2.79. The number of fused-ring (bicyclic) bond motifs is 5. The van der Waals surface area contributed by atoms with Gasteiger partial charge in [0.05, 0.1) is 11.3 Å². The van der Waals surface area contributed by atoms with E-state index in [2.05, 4.69) is 12.2 Å². The highest BCUT2D eigenvalue weighted by Crippen LogP contribution is 2.61. The molecule has 0 amide bonds. The van der Waals surface area contributed by atoms with Gasteiger partial charge in [-0.2, -0.15) is 0 Å². The predicted molar refractivity (Wildman–Crippen MR) is 54.0 cm³/mol. The van der Waals surface area contributed by atoms with Crippen LogP contribution in [0.2, 0.25) is 0 Å². The van der Waals surface area contributed by atoms with Gasteiger partial charge in [0.2, 0.25) is 0 Å². The first-order chi connectivity index (χ1) is 7.53. The molecule has 0 unspecified atom stereocenters. The van der Waals surface area contributed by atoms with Crippen LogP contribution in [0.1, 0.15) is 20.3 Å². The van der Waals surface area contributed by atoms with Crippen LogP contribution < -0.4 is 0 Å². The Balaban J connectivity index is 1.95. The first-order valence-corrected chi connectivity index (χ1v) is 5.60. The highest BCUT2D eigenvalue weighted by molar-refractivity contribution is 5.81. The summed E-state index contributed by atoms with van der Waals surface area (Å²) in [5.74, 6) is -0.0605. The number of cyclic esters (lactones) is 1. The first-order valence-electron chi connectivity index (χ1n) is 5.60. The number of carbonyl (C=O) groups is 2. The maximum atomic E-state index is 11.9. The Kier molecular flexibility index (Phi) is 1.77. The van der Waals surface area contributed by atoms with Crippen LogP contribution in [-0.4, -0.2) is 18.2 Å². The Morgan fingerprint density at radius 1 is 1.56 bits per heavy atom. The molecule has 1 heterocycles. The molecule has 1 saturated heterocycles. The van der Waals surface area contributed by atoms with Gasteiger partial charge in [0, 0.05) is 6.92 Å². The Hall–Kier alpha value is -1.32. The fourth-order valence-corrected chi connectivity index (χ4v) is 3.47. The number of esters is 2. The topological polar surface area (TPSA) is 52.6 Å². The molecule has 16 heavy (non-hydrogen) atoms. The van der Waals surface area contributed by atoms with Crippen molar-refractivity contribution >= 4 is 11.9 Å². The summed E-state index contributed by atoms with van der Waals surface area (Å²) in [7, 11) is 0. The SMILES string of the molecule is CC(=O)O[C@@H]1OC(=O)[C@@]2(C)[C@@H]1[C@H]1C=C[C@@H]2C1. The molecule has 0 radical (unpaired) electrons. The summed E-state index contributed by atoms with van der Waals surface area (Å²) in [4.78, 5) is 22.9. The minimum absolute atomic E-state index is 0.00102. The number of rotatable bonds is 1. The van der Waals surface area contributed by atoms with E-state index in [0.717, 1.165) is 6.42 Å². The molecule has 4 heteroatoms. The van der Waals surface area contributed by atoms with Gasteiger partial charge in [0.1, 0.15) is 0 Å². The molecule has 1 saturated carbocycles. The van der Waals surface area contributed by atoms with Crippen LogP contribution in [0.25, 0.3) is 0 Å². The largest absolute Gasteiger partial charge is 0.425 e. The van der Waals surface area contributed by atoms with Gasteiger partial charge < -0.3 is 9.47 Å². The molecule has 0 spiro atoms. The minimum atomic E-state index is -0.685. The van der Waals surface area contributed by atoms with Crippen LogP contribution in [0, 0.1) is 23.2 Å². The molecule has 2 bridgehead atoms. The monoisotopic (exact) mass is 222 g/mol. The molecule has 3 aliphatic rings. The van der Waals surface area contributed by atoms with Gasteiger partial charge in [-0.15, -0.1) is 0 Å². The second-order valence-corrected chi connectivity index (χ2v) is 5.08. The second-order valence-electron chi connectivity index (χ2n) is 5.08. The smallest absolute Gasteiger partial charge is 0.316 e. The molecular formula is C12H14O4. The molecule has 0 N–H and O–H groups in total. The van der Waals surface area contributed by atoms with Gasteiger partial charge in [-0.1, -0.05) is 12.2 Å². The Labute approximate surface area is 93.6 Å². The van der Waals surface area contributed by atoms with Crippen LogP contribution in [0.3, 0.4) is 0 Å². The average molecular weight is 222 g/mol. The maximum Gasteiger partial charge on any atom is 0.316 e. The molecule has 0 aromatic rings. The lowest BCUT2D eigenvalue weighted by atomic mass is 9.71. The van der Waals surface area contributed by atoms with E-state index < -0.39 is 17.7 Å². The van der Waals surface area contributed by atoms with Crippen LogP contribution in [0.4, 0.5) is 0 Å². The molecular weight excluding hydrogens is 208 g/mol. The second kappa shape index (κ2) is 2.87. The fraction of sp³-hybridized carbons (Fsp3) is 0.667. The predicted octanol–water partition coefficient (Wildman–Crippen LogP) is 1.26. The molecule has 2 aliphatic carbocycles. The normalized spacial score (nSPS) is 48.0. The van der Waals surface area contributed by atoms with Crippen LogP contribution in [0.15, 0.2) is 12.2 Å². The number of allylic oxidation sites excluding steroid dienone is 2. The Morgan fingerprint density at radius 3 is 3.00 bits per heavy atom. The van der Waals surface area contributed by atoms with Gasteiger partial charge in [0.15, 0.2) is 0 Å². The number of hydrogen-bond acceptors (Lipinski definition) is 4. The molecule has 5 atom stereocenters. The van der Waals surface area contributed by atoms with Crippen molar-refractivity contribution in [3.05, 3.63) is 12.2 Å². The maximum absolute atomic E-state index is 11.9. The van der Waals surface area contributed by atoms with Gasteiger partial charge >= 0.3 is 11.9 Å². The molecule has 3 rings (SSSR count). The van der Waals surface area contributed by atoms with Crippen molar-refractivity contribution in [2.75, 3.05) is 0 Å². The standard InChI is InChI=1S/C12H14O4/c1-6(13)15-10-9-7-3-4-8(5-7)12(9,2)11(14)16-10/h3-4,7-10H,5H2,1-2H3/t7-,8+,9+,10+,12+/m0/s1. The molecule has 2 fully saturated rings. The molecule has 0 aromatic carbocycles. The van der Waals surface area contributed by atoms with E-state index in [9.17, 15) is 9.59 Å². The quantitative estimate of drug-likeness (QED) is 0.495. The van der Waals surface area contributed by atoms with Gasteiger partial charge in [0.25, 0.3) is 6.29 Å². The Morgan fingerprint density at radius 2 is 2.31 bits per heavy atom. The van der Waals surface area contributed by atoms with Gasteiger partial charge in [-0.3, -0.25) is 9.59 Å². The molecule has 86 valence electrons. The third-order valence-electron chi connectivity index (χ3n) is 4.28. The van der Waals surface area contributed by atoms with E-state index in [1.54, 1.807) is 0 Å². The van der Waals surface area contributed by atoms with Crippen LogP contribution in [0.5, 0.6) is 0 Å². The zero-order valence-corrected chi connectivity index (χ0v) is 9.30. The van der Waals surface area contributed by atoms with Crippen molar-refractivity contribution in [1.29, 1.82) is 0 Å². The van der Waals surface area contributed by atoms with Crippen molar-refractivity contribution in [3.8, 4) is 0 Å². The van der Waals surface area contributed by atoms with Gasteiger partial charge in [-0.05, 0) is 25.2 Å². The number of ether oxygens (including phenoxy) is 2. The first kappa shape index (κ1) is 9.87. The highest BCUT2D eigenvalue weighted by Gasteiger charge is 2.67. The van der Waals surface area contributed by atoms with Crippen molar-refractivity contribution < 1.29 is 19.1 Å². The lowest BCUT2D eigenvalue weighted by Gasteiger charge is -2.28. The molecule has 1 aliphatic heterocycles. The zero-order chi connectivity index (χ0) is 11.5. The summed E-state index contributed by atoms with van der Waals surface area (Å²) in [5, 5.41) is 0. The van der Waals surface area contributed by atoms with E-state index in [0.29, 0.717) is 5.92 Å². The van der Waals surface area contributed by atoms with Crippen LogP contribution >= 0.6 is 0 Å². The molecule has 0 aromatic heterocycles. The summed E-state index contributed by atoms with van der Waals surface area (Å²) in [6.45, 7) is 3.27. The lowest BCUT2D eigenvalue weighted by Crippen LogP contribution is -2.36. The summed E-state index contributed by atoms with van der Waals surface area (Å²) in [6.07, 6.45) is 4.51. The van der Waals surface area contributed by atoms with Crippen molar-refractivity contribution in [2.24, 2.45) is 23.2 Å². The van der Waals surface area contributed by atoms with Crippen molar-refractivity contribution in [2.45, 2.75) is 26.6 Å². The summed E-state index contributed by atoms with van der Waals surface area (Å²) >= 11 is 0. The number of hydrogen-bond donors (Lipinski definition) is 0. The lowest BCUT2D eigenvalue weighted by molar-refractivity contribution is -0.181. The third-order valence-corrected chi connectivity index (χ3v) is 4.28. The minimum Gasteiger partial charge on any atom is -0.425 e. The van der Waals surface area contributed by atoms with E-state index in [1.165, 1.54) is 6.92 Å². The highest BCUT2D eigenvalue weighted by atomic mass is 16.7. The number of carbonyl (C=O) groups excluding carboxylic acids is 2. The third kappa shape index (κ3) is 0.996. The van der Waals surface area contributed by atoms with E-state index in [1.807, 2.05) is 6.92 Å². The Bertz CT molecular complexity index is 400. The summed E-state index contributed by atoms with van der Waals surface area (Å²) in [6, 6.07) is 0. The van der Waals surface area contributed by atoms with Crippen LogP contribution in [-0.2, 0) is 19.1 Å². The van der Waals surface area contributed by atoms with E-state index in [4.69, 9.17) is 9.47 Å². The molecule has 4 nitrogen and oxygen atoms in total. The summed E-state index contributed by atoms with van der Waals surface area (Å²) < 4.78 is 10.3. The van der Waals surface area contributed by atoms with E-state index >= 15 is 0 Å². The van der Waals surface area contributed by atoms with Crippen molar-refractivity contribution in [3.63, 3.8) is 0 Å². The van der Waals surface area contributed by atoms with E-state index in [-0.39, 0.29) is 17.8 Å². The summed E-state index contributed by atoms with van der Waals surface area (Å²) in [5.41, 5.74) is -0.487.